The molecule has 1 aliphatic heterocycles. The molecule has 0 radical (unpaired) electrons. The highest BCUT2D eigenvalue weighted by atomic mass is 35.5. The van der Waals surface area contributed by atoms with Gasteiger partial charge in [0.1, 0.15) is 0 Å². The third-order valence-corrected chi connectivity index (χ3v) is 3.73. The van der Waals surface area contributed by atoms with Crippen molar-refractivity contribution in [2.45, 2.75) is 38.8 Å². The van der Waals surface area contributed by atoms with Gasteiger partial charge in [-0.3, -0.25) is 4.79 Å². The Hall–Kier alpha value is -1.66. The molecule has 1 aliphatic rings. The van der Waals surface area contributed by atoms with Crippen molar-refractivity contribution in [2.24, 2.45) is 0 Å². The van der Waals surface area contributed by atoms with E-state index in [0.717, 1.165) is 30.5 Å². The number of fused-ring (bicyclic) bond motifs is 1. The van der Waals surface area contributed by atoms with Crippen LogP contribution in [0.4, 0.5) is 0 Å². The Morgan fingerprint density at radius 3 is 3.10 bits per heavy atom. The van der Waals surface area contributed by atoms with Crippen molar-refractivity contribution in [1.82, 2.24) is 20.8 Å². The highest BCUT2D eigenvalue weighted by Gasteiger charge is 2.21. The number of piperidine rings is 1. The molecule has 0 aromatic carbocycles. The Morgan fingerprint density at radius 2 is 2.33 bits per heavy atom. The zero-order chi connectivity index (χ0) is 14.1. The summed E-state index contributed by atoms with van der Waals surface area (Å²) < 4.78 is 5.05. The minimum Gasteiger partial charge on any atom is -0.349 e. The number of amides is 1. The fourth-order valence-corrected chi connectivity index (χ4v) is 2.60. The van der Waals surface area contributed by atoms with Gasteiger partial charge in [0.15, 0.2) is 0 Å². The Bertz CT molecular complexity index is 643. The summed E-state index contributed by atoms with van der Waals surface area (Å²) in [6.45, 7) is 4.91. The first-order valence-corrected chi connectivity index (χ1v) is 6.90. The van der Waals surface area contributed by atoms with Gasteiger partial charge in [0.05, 0.1) is 16.6 Å². The fraction of sp³-hybridized carbons (Fsp3) is 0.500. The monoisotopic (exact) mass is 310 g/mol. The van der Waals surface area contributed by atoms with Crippen LogP contribution in [0.25, 0.3) is 11.1 Å². The standard InChI is InChI=1S/C14H18N4O2.ClH/c1-8-5-11(3-4-15-8)17-13(19)10-6-12-9(2)18-20-14(12)16-7-10;/h6-8,11,15H,3-5H2,1-2H3,(H,17,19);1H. The van der Waals surface area contributed by atoms with Crippen LogP contribution in [0.3, 0.4) is 0 Å². The van der Waals surface area contributed by atoms with E-state index in [-0.39, 0.29) is 24.4 Å². The van der Waals surface area contributed by atoms with E-state index in [1.54, 1.807) is 6.07 Å². The Labute approximate surface area is 129 Å². The van der Waals surface area contributed by atoms with Crippen LogP contribution in [0, 0.1) is 6.92 Å². The maximum atomic E-state index is 12.3. The van der Waals surface area contributed by atoms with Gasteiger partial charge in [-0.25, -0.2) is 4.98 Å². The van der Waals surface area contributed by atoms with Crippen molar-refractivity contribution in [3.8, 4) is 0 Å². The maximum absolute atomic E-state index is 12.3. The number of hydrogen-bond acceptors (Lipinski definition) is 5. The second kappa shape index (κ2) is 6.41. The lowest BCUT2D eigenvalue weighted by atomic mass is 10.0. The summed E-state index contributed by atoms with van der Waals surface area (Å²) in [7, 11) is 0. The first-order chi connectivity index (χ1) is 9.63. The normalized spacial score (nSPS) is 21.8. The minimum atomic E-state index is -0.0842. The first-order valence-electron chi connectivity index (χ1n) is 6.90. The number of rotatable bonds is 2. The molecular weight excluding hydrogens is 292 g/mol. The van der Waals surface area contributed by atoms with Gasteiger partial charge in [-0.15, -0.1) is 12.4 Å². The summed E-state index contributed by atoms with van der Waals surface area (Å²) in [4.78, 5) is 16.4. The van der Waals surface area contributed by atoms with Crippen LogP contribution in [0.5, 0.6) is 0 Å². The van der Waals surface area contributed by atoms with E-state index in [9.17, 15) is 4.79 Å². The number of carbonyl (C=O) groups excluding carboxylic acids is 1. The molecule has 2 aromatic heterocycles. The third kappa shape index (κ3) is 3.33. The number of aryl methyl sites for hydroxylation is 1. The molecule has 3 rings (SSSR count). The summed E-state index contributed by atoms with van der Waals surface area (Å²) in [5.41, 5.74) is 1.77. The van der Waals surface area contributed by atoms with Crippen LogP contribution in [-0.2, 0) is 0 Å². The number of carbonyl (C=O) groups is 1. The highest BCUT2D eigenvalue weighted by Crippen LogP contribution is 2.17. The van der Waals surface area contributed by atoms with Crippen molar-refractivity contribution in [2.75, 3.05) is 6.54 Å². The molecule has 0 spiro atoms. The number of nitrogens with one attached hydrogen (secondary N) is 2. The van der Waals surface area contributed by atoms with Crippen LogP contribution < -0.4 is 10.6 Å². The van der Waals surface area contributed by atoms with Gasteiger partial charge in [0, 0.05) is 18.3 Å². The maximum Gasteiger partial charge on any atom is 0.257 e. The first kappa shape index (κ1) is 15.7. The molecule has 2 atom stereocenters. The topological polar surface area (TPSA) is 80.0 Å². The largest absolute Gasteiger partial charge is 0.349 e. The molecule has 6 nitrogen and oxygen atoms in total. The molecule has 0 saturated carbocycles. The van der Waals surface area contributed by atoms with Crippen molar-refractivity contribution in [3.05, 3.63) is 23.5 Å². The van der Waals surface area contributed by atoms with Gasteiger partial charge in [-0.1, -0.05) is 5.16 Å². The zero-order valence-electron chi connectivity index (χ0n) is 12.0. The lowest BCUT2D eigenvalue weighted by Crippen LogP contribution is -2.46. The van der Waals surface area contributed by atoms with Gasteiger partial charge in [-0.2, -0.15) is 0 Å². The molecule has 3 heterocycles. The number of aromatic nitrogens is 2. The smallest absolute Gasteiger partial charge is 0.257 e. The second-order valence-electron chi connectivity index (χ2n) is 5.39. The van der Waals surface area contributed by atoms with E-state index in [2.05, 4.69) is 27.7 Å². The quantitative estimate of drug-likeness (QED) is 0.884. The van der Waals surface area contributed by atoms with Crippen molar-refractivity contribution >= 4 is 29.4 Å². The van der Waals surface area contributed by atoms with Crippen LogP contribution in [0.2, 0.25) is 0 Å². The predicted octanol–water partition coefficient (Wildman–Crippen LogP) is 1.82. The SMILES string of the molecule is Cc1noc2ncc(C(=O)NC3CCNC(C)C3)cc12.Cl. The van der Waals surface area contributed by atoms with Gasteiger partial charge in [0.25, 0.3) is 11.6 Å². The second-order valence-corrected chi connectivity index (χ2v) is 5.39. The molecule has 21 heavy (non-hydrogen) atoms. The Kier molecular flexibility index (Phi) is 4.80. The number of halogens is 1. The lowest BCUT2D eigenvalue weighted by Gasteiger charge is -2.28. The van der Waals surface area contributed by atoms with Gasteiger partial charge in [-0.05, 0) is 39.3 Å². The third-order valence-electron chi connectivity index (χ3n) is 3.73. The van der Waals surface area contributed by atoms with Gasteiger partial charge >= 0.3 is 0 Å². The molecule has 2 unspecified atom stereocenters. The van der Waals surface area contributed by atoms with Crippen LogP contribution in [0.1, 0.15) is 35.8 Å². The van der Waals surface area contributed by atoms with Crippen molar-refractivity contribution < 1.29 is 9.32 Å². The Morgan fingerprint density at radius 1 is 1.52 bits per heavy atom. The summed E-state index contributed by atoms with van der Waals surface area (Å²) in [5.74, 6) is -0.0842. The zero-order valence-corrected chi connectivity index (χ0v) is 12.9. The summed E-state index contributed by atoms with van der Waals surface area (Å²) >= 11 is 0. The Balaban J connectivity index is 0.00000161. The molecule has 114 valence electrons. The van der Waals surface area contributed by atoms with Crippen LogP contribution in [-0.4, -0.2) is 34.7 Å². The molecule has 1 fully saturated rings. The number of hydrogen-bond donors (Lipinski definition) is 2. The summed E-state index contributed by atoms with van der Waals surface area (Å²) in [5, 5.41) is 11.1. The van der Waals surface area contributed by atoms with E-state index < -0.39 is 0 Å². The van der Waals surface area contributed by atoms with Crippen LogP contribution in [0.15, 0.2) is 16.8 Å². The average molecular weight is 311 g/mol. The molecule has 7 heteroatoms. The van der Waals surface area contributed by atoms with Crippen molar-refractivity contribution in [3.63, 3.8) is 0 Å². The summed E-state index contributed by atoms with van der Waals surface area (Å²) in [6.07, 6.45) is 3.44. The number of nitrogens with zero attached hydrogens (tertiary/aromatic N) is 2. The highest BCUT2D eigenvalue weighted by molar-refractivity contribution is 5.97. The van der Waals surface area contributed by atoms with E-state index in [1.807, 2.05) is 6.92 Å². The van der Waals surface area contributed by atoms with Crippen LogP contribution >= 0.6 is 12.4 Å². The lowest BCUT2D eigenvalue weighted by molar-refractivity contribution is 0.0925. The number of pyridine rings is 1. The molecule has 2 aromatic rings. The molecular formula is C14H19ClN4O2. The van der Waals surface area contributed by atoms with E-state index in [0.29, 0.717) is 17.3 Å². The van der Waals surface area contributed by atoms with E-state index >= 15 is 0 Å². The predicted molar refractivity (Wildman–Crippen MR) is 81.7 cm³/mol. The minimum absolute atomic E-state index is 0. The van der Waals surface area contributed by atoms with Gasteiger partial charge in [0.2, 0.25) is 0 Å². The average Bonchev–Trinajstić information content (AvgIpc) is 2.80. The van der Waals surface area contributed by atoms with Gasteiger partial charge < -0.3 is 15.2 Å². The molecule has 0 bridgehead atoms. The molecule has 0 aliphatic carbocycles. The molecule has 1 saturated heterocycles. The molecule has 1 amide bonds. The van der Waals surface area contributed by atoms with E-state index in [4.69, 9.17) is 4.52 Å². The summed E-state index contributed by atoms with van der Waals surface area (Å²) in [6, 6.07) is 2.45. The fourth-order valence-electron chi connectivity index (χ4n) is 2.60. The van der Waals surface area contributed by atoms with E-state index in [1.165, 1.54) is 6.20 Å². The molecule has 2 N–H and O–H groups in total. The van der Waals surface area contributed by atoms with Crippen molar-refractivity contribution in [1.29, 1.82) is 0 Å².